The highest BCUT2D eigenvalue weighted by Gasteiger charge is 2.16. The highest BCUT2D eigenvalue weighted by Crippen LogP contribution is 2.35. The Kier molecular flexibility index (Phi) is 2.86. The lowest BCUT2D eigenvalue weighted by Gasteiger charge is -2.00. The van der Waals surface area contributed by atoms with E-state index in [0.29, 0.717) is 24.0 Å². The Morgan fingerprint density at radius 3 is 3.05 bits per heavy atom. The van der Waals surface area contributed by atoms with Crippen molar-refractivity contribution in [2.75, 3.05) is 25.8 Å². The summed E-state index contributed by atoms with van der Waals surface area (Å²) >= 11 is 0. The first-order chi connectivity index (χ1) is 9.26. The standard InChI is InChI=1S/C12H13N3O4/c1-17-11(16)2-3-13-12-14-7-4-9-10(19-6-18-9)5-8(7)15-12/h4-5H,2-3,6H2,1H3,(H2,13,14,15). The van der Waals surface area contributed by atoms with Crippen LogP contribution in [0.25, 0.3) is 11.0 Å². The van der Waals surface area contributed by atoms with Gasteiger partial charge in [0.25, 0.3) is 0 Å². The van der Waals surface area contributed by atoms with Crippen molar-refractivity contribution in [3.63, 3.8) is 0 Å². The quantitative estimate of drug-likeness (QED) is 0.808. The molecule has 1 aliphatic rings. The zero-order valence-corrected chi connectivity index (χ0v) is 10.4. The molecule has 0 atom stereocenters. The van der Waals surface area contributed by atoms with E-state index < -0.39 is 0 Å². The minimum atomic E-state index is -0.260. The third kappa shape index (κ3) is 2.26. The predicted molar refractivity (Wildman–Crippen MR) is 67.3 cm³/mol. The number of hydrogen-bond donors (Lipinski definition) is 2. The maximum absolute atomic E-state index is 11.0. The van der Waals surface area contributed by atoms with Crippen LogP contribution in [0.5, 0.6) is 11.5 Å². The number of H-pyrrole nitrogens is 1. The van der Waals surface area contributed by atoms with Gasteiger partial charge in [-0.3, -0.25) is 4.79 Å². The Labute approximate surface area is 108 Å². The second-order valence-electron chi connectivity index (χ2n) is 4.06. The molecular formula is C12H13N3O4. The van der Waals surface area contributed by atoms with Crippen LogP contribution in [0.1, 0.15) is 6.42 Å². The number of nitrogens with zero attached hydrogens (tertiary/aromatic N) is 1. The van der Waals surface area contributed by atoms with Gasteiger partial charge in [0.15, 0.2) is 11.5 Å². The molecule has 0 aliphatic carbocycles. The molecule has 19 heavy (non-hydrogen) atoms. The summed E-state index contributed by atoms with van der Waals surface area (Å²) in [4.78, 5) is 18.4. The lowest BCUT2D eigenvalue weighted by atomic mass is 10.3. The van der Waals surface area contributed by atoms with Crippen molar-refractivity contribution in [3.05, 3.63) is 12.1 Å². The smallest absolute Gasteiger partial charge is 0.307 e. The van der Waals surface area contributed by atoms with Crippen LogP contribution in [0.15, 0.2) is 12.1 Å². The predicted octanol–water partition coefficient (Wildman–Crippen LogP) is 1.27. The Hall–Kier alpha value is -2.44. The summed E-state index contributed by atoms with van der Waals surface area (Å²) in [5, 5.41) is 3.03. The minimum Gasteiger partial charge on any atom is -0.469 e. The largest absolute Gasteiger partial charge is 0.469 e. The number of imidazole rings is 1. The molecule has 0 saturated heterocycles. The molecule has 1 aromatic heterocycles. The fourth-order valence-corrected chi connectivity index (χ4v) is 1.87. The summed E-state index contributed by atoms with van der Waals surface area (Å²) in [5.41, 5.74) is 1.63. The second-order valence-corrected chi connectivity index (χ2v) is 4.06. The zero-order chi connectivity index (χ0) is 13.2. The van der Waals surface area contributed by atoms with Crippen molar-refractivity contribution in [3.8, 4) is 11.5 Å². The molecule has 0 spiro atoms. The summed E-state index contributed by atoms with van der Waals surface area (Å²) < 4.78 is 15.1. The first-order valence-corrected chi connectivity index (χ1v) is 5.86. The molecule has 0 saturated carbocycles. The summed E-state index contributed by atoms with van der Waals surface area (Å²) in [6.45, 7) is 0.700. The summed E-state index contributed by atoms with van der Waals surface area (Å²) in [6, 6.07) is 3.66. The van der Waals surface area contributed by atoms with Gasteiger partial charge in [-0.2, -0.15) is 0 Å². The third-order valence-corrected chi connectivity index (χ3v) is 2.83. The Morgan fingerprint density at radius 1 is 1.47 bits per heavy atom. The van der Waals surface area contributed by atoms with E-state index >= 15 is 0 Å². The van der Waals surface area contributed by atoms with E-state index in [9.17, 15) is 4.79 Å². The summed E-state index contributed by atoms with van der Waals surface area (Å²) in [6.07, 6.45) is 0.288. The second kappa shape index (κ2) is 4.68. The molecule has 1 aromatic carbocycles. The molecule has 7 nitrogen and oxygen atoms in total. The normalized spacial score (nSPS) is 12.7. The van der Waals surface area contributed by atoms with Gasteiger partial charge in [0, 0.05) is 18.7 Å². The topological polar surface area (TPSA) is 85.5 Å². The molecule has 2 N–H and O–H groups in total. The van der Waals surface area contributed by atoms with Crippen LogP contribution < -0.4 is 14.8 Å². The number of anilines is 1. The average molecular weight is 263 g/mol. The highest BCUT2D eigenvalue weighted by atomic mass is 16.7. The fraction of sp³-hybridized carbons (Fsp3) is 0.333. The van der Waals surface area contributed by atoms with Gasteiger partial charge in [-0.25, -0.2) is 4.98 Å². The van der Waals surface area contributed by atoms with Gasteiger partial charge in [0.05, 0.1) is 24.6 Å². The molecule has 0 radical (unpaired) electrons. The van der Waals surface area contributed by atoms with Crippen LogP contribution in [0, 0.1) is 0 Å². The van der Waals surface area contributed by atoms with Gasteiger partial charge in [0.1, 0.15) is 0 Å². The first kappa shape index (κ1) is 11.6. The summed E-state index contributed by atoms with van der Waals surface area (Å²) in [7, 11) is 1.37. The number of aromatic nitrogens is 2. The van der Waals surface area contributed by atoms with Crippen LogP contribution in [0.4, 0.5) is 5.95 Å². The maximum atomic E-state index is 11.0. The van der Waals surface area contributed by atoms with Gasteiger partial charge >= 0.3 is 5.97 Å². The number of nitrogens with one attached hydrogen (secondary N) is 2. The number of fused-ring (bicyclic) bond motifs is 2. The van der Waals surface area contributed by atoms with Crippen LogP contribution in [0.3, 0.4) is 0 Å². The molecule has 3 rings (SSSR count). The lowest BCUT2D eigenvalue weighted by molar-refractivity contribution is -0.140. The van der Waals surface area contributed by atoms with E-state index in [2.05, 4.69) is 20.0 Å². The molecule has 100 valence electrons. The Morgan fingerprint density at radius 2 is 2.26 bits per heavy atom. The van der Waals surface area contributed by atoms with Gasteiger partial charge in [-0.05, 0) is 0 Å². The van der Waals surface area contributed by atoms with E-state index in [0.717, 1.165) is 11.0 Å². The molecule has 0 fully saturated rings. The zero-order valence-electron chi connectivity index (χ0n) is 10.4. The number of ether oxygens (including phenoxy) is 3. The van der Waals surface area contributed by atoms with E-state index in [1.54, 1.807) is 0 Å². The maximum Gasteiger partial charge on any atom is 0.307 e. The number of carbonyl (C=O) groups excluding carboxylic acids is 1. The number of methoxy groups -OCH3 is 1. The third-order valence-electron chi connectivity index (χ3n) is 2.83. The fourth-order valence-electron chi connectivity index (χ4n) is 1.87. The average Bonchev–Trinajstić information content (AvgIpc) is 3.00. The van der Waals surface area contributed by atoms with Gasteiger partial charge in [-0.1, -0.05) is 0 Å². The number of rotatable bonds is 4. The van der Waals surface area contributed by atoms with Crippen molar-refractivity contribution in [1.29, 1.82) is 0 Å². The monoisotopic (exact) mass is 263 g/mol. The van der Waals surface area contributed by atoms with E-state index in [1.165, 1.54) is 7.11 Å². The van der Waals surface area contributed by atoms with Crippen molar-refractivity contribution >= 4 is 23.0 Å². The van der Waals surface area contributed by atoms with E-state index in [1.807, 2.05) is 12.1 Å². The van der Waals surface area contributed by atoms with Crippen molar-refractivity contribution in [2.24, 2.45) is 0 Å². The Bertz CT molecular complexity index is 582. The van der Waals surface area contributed by atoms with Crippen LogP contribution in [-0.4, -0.2) is 36.4 Å². The van der Waals surface area contributed by atoms with Gasteiger partial charge < -0.3 is 24.5 Å². The van der Waals surface area contributed by atoms with Crippen LogP contribution in [0.2, 0.25) is 0 Å². The number of aromatic amines is 1. The van der Waals surface area contributed by atoms with Gasteiger partial charge in [-0.15, -0.1) is 0 Å². The number of hydrogen-bond acceptors (Lipinski definition) is 6. The minimum absolute atomic E-state index is 0.242. The number of benzene rings is 1. The Balaban J connectivity index is 1.73. The number of carbonyl (C=O) groups is 1. The summed E-state index contributed by atoms with van der Waals surface area (Å²) in [5.74, 6) is 1.74. The van der Waals surface area contributed by atoms with Crippen molar-refractivity contribution in [1.82, 2.24) is 9.97 Å². The molecule has 1 aliphatic heterocycles. The SMILES string of the molecule is COC(=O)CCNc1nc2cc3c(cc2[nH]1)OCO3. The first-order valence-electron chi connectivity index (χ1n) is 5.86. The van der Waals surface area contributed by atoms with Crippen molar-refractivity contribution in [2.45, 2.75) is 6.42 Å². The molecule has 0 amide bonds. The van der Waals surface area contributed by atoms with Gasteiger partial charge in [0.2, 0.25) is 12.7 Å². The molecular weight excluding hydrogens is 250 g/mol. The molecule has 0 bridgehead atoms. The van der Waals surface area contributed by atoms with E-state index in [4.69, 9.17) is 9.47 Å². The van der Waals surface area contributed by atoms with Crippen molar-refractivity contribution < 1.29 is 19.0 Å². The van der Waals surface area contributed by atoms with Crippen LogP contribution in [-0.2, 0) is 9.53 Å². The molecule has 2 heterocycles. The van der Waals surface area contributed by atoms with E-state index in [-0.39, 0.29) is 19.2 Å². The molecule has 2 aromatic rings. The number of esters is 1. The van der Waals surface area contributed by atoms with Crippen LogP contribution >= 0.6 is 0 Å². The molecule has 7 heteroatoms. The highest BCUT2D eigenvalue weighted by molar-refractivity contribution is 5.82. The lowest BCUT2D eigenvalue weighted by Crippen LogP contribution is -2.10. The molecule has 0 unspecified atom stereocenters.